The average Bonchev–Trinajstić information content (AvgIpc) is 3.63. The van der Waals surface area contributed by atoms with Crippen molar-refractivity contribution in [2.75, 3.05) is 14.1 Å². The minimum atomic E-state index is 0.648. The van der Waals surface area contributed by atoms with Crippen LogP contribution < -0.4 is 0 Å². The van der Waals surface area contributed by atoms with Crippen LogP contribution in [0.5, 0.6) is 0 Å². The van der Waals surface area contributed by atoms with E-state index in [4.69, 9.17) is 0 Å². The summed E-state index contributed by atoms with van der Waals surface area (Å²) in [6.45, 7) is 16.4. The van der Waals surface area contributed by atoms with Gasteiger partial charge in [0.15, 0.2) is 0 Å². The fraction of sp³-hybridized carbons (Fsp3) is 0.167. The lowest BCUT2D eigenvalue weighted by Crippen LogP contribution is -2.07. The number of rotatable bonds is 6. The molecule has 2 aromatic heterocycles. The fourth-order valence-electron chi connectivity index (χ4n) is 6.50. The number of benzene rings is 6. The summed E-state index contributed by atoms with van der Waals surface area (Å²) < 4.78 is 4.98. The molecule has 0 saturated heterocycles. The van der Waals surface area contributed by atoms with E-state index >= 15 is 0 Å². The molecule has 3 nitrogen and oxygen atoms in total. The molecule has 0 unspecified atom stereocenters. The molecule has 0 spiro atoms. The van der Waals surface area contributed by atoms with E-state index < -0.39 is 0 Å². The highest BCUT2D eigenvalue weighted by molar-refractivity contribution is 6.11. The zero-order chi connectivity index (χ0) is 36.1. The Kier molecular flexibility index (Phi) is 10.6. The van der Waals surface area contributed by atoms with Crippen molar-refractivity contribution < 1.29 is 0 Å². The average molecular weight is 668 g/mol. The Labute approximate surface area is 303 Å². The fourth-order valence-corrected chi connectivity index (χ4v) is 6.50. The Balaban J connectivity index is 0.000000398. The Morgan fingerprint density at radius 1 is 0.510 bits per heavy atom. The molecule has 0 radical (unpaired) electrons. The first kappa shape index (κ1) is 35.0. The minimum Gasteiger partial charge on any atom is -0.384 e. The summed E-state index contributed by atoms with van der Waals surface area (Å²) >= 11 is 0. The zero-order valence-electron chi connectivity index (χ0n) is 30.9. The summed E-state index contributed by atoms with van der Waals surface area (Å²) in [7, 11) is 3.88. The molecule has 0 bridgehead atoms. The lowest BCUT2D eigenvalue weighted by Gasteiger charge is -2.13. The molecular weight excluding hydrogens is 619 g/mol. The van der Waals surface area contributed by atoms with Gasteiger partial charge >= 0.3 is 0 Å². The van der Waals surface area contributed by atoms with E-state index in [0.717, 1.165) is 6.67 Å². The lowest BCUT2D eigenvalue weighted by atomic mass is 10.0. The van der Waals surface area contributed by atoms with Gasteiger partial charge in [-0.05, 0) is 96.8 Å². The molecule has 0 amide bonds. The highest BCUT2D eigenvalue weighted by atomic mass is 15.2. The van der Waals surface area contributed by atoms with E-state index in [1.54, 1.807) is 6.20 Å². The Morgan fingerprint density at radius 2 is 0.843 bits per heavy atom. The van der Waals surface area contributed by atoms with Gasteiger partial charge in [0.2, 0.25) is 0 Å². The number of nitrogens with zero attached hydrogens (tertiary/aromatic N) is 3. The van der Waals surface area contributed by atoms with E-state index in [2.05, 4.69) is 183 Å². The summed E-state index contributed by atoms with van der Waals surface area (Å²) in [6, 6.07) is 48.9. The van der Waals surface area contributed by atoms with Crippen LogP contribution in [0.1, 0.15) is 25.0 Å². The van der Waals surface area contributed by atoms with Crippen LogP contribution in [0, 0.1) is 19.8 Å². The van der Waals surface area contributed by atoms with Crippen molar-refractivity contribution in [3.05, 3.63) is 170 Å². The first-order valence-electron chi connectivity index (χ1n) is 17.8. The summed E-state index contributed by atoms with van der Waals surface area (Å²) in [6.07, 6.45) is 3.67. The third kappa shape index (κ3) is 7.54. The summed E-state index contributed by atoms with van der Waals surface area (Å²) in [5, 5.41) is 5.21. The molecule has 8 aromatic rings. The number of aryl methyl sites for hydroxylation is 2. The molecule has 6 aromatic carbocycles. The van der Waals surface area contributed by atoms with Gasteiger partial charge in [-0.25, -0.2) is 0 Å². The van der Waals surface area contributed by atoms with Crippen molar-refractivity contribution in [3.63, 3.8) is 0 Å². The highest BCUT2D eigenvalue weighted by Crippen LogP contribution is 2.37. The maximum atomic E-state index is 3.56. The number of aromatic nitrogens is 2. The van der Waals surface area contributed by atoms with Gasteiger partial charge in [-0.2, -0.15) is 0 Å². The normalized spacial score (nSPS) is 11.0. The quantitative estimate of drug-likeness (QED) is 0.161. The summed E-state index contributed by atoms with van der Waals surface area (Å²) in [4.78, 5) is 1.89. The van der Waals surface area contributed by atoms with Crippen LogP contribution >= 0.6 is 0 Å². The van der Waals surface area contributed by atoms with Gasteiger partial charge in [-0.3, -0.25) is 0 Å². The number of fused-ring (bicyclic) bond motifs is 6. The molecule has 0 aliphatic carbocycles. The summed E-state index contributed by atoms with van der Waals surface area (Å²) in [5.74, 6) is 0.648. The predicted octanol–water partition coefficient (Wildman–Crippen LogP) is 12.9. The molecule has 2 heterocycles. The molecule has 256 valence electrons. The van der Waals surface area contributed by atoms with Crippen LogP contribution in [0.4, 0.5) is 0 Å². The van der Waals surface area contributed by atoms with Crippen LogP contribution in [0.25, 0.3) is 65.9 Å². The molecule has 0 atom stereocenters. The second-order valence-corrected chi connectivity index (χ2v) is 13.9. The van der Waals surface area contributed by atoms with Crippen LogP contribution in [0.15, 0.2) is 159 Å². The van der Waals surface area contributed by atoms with Gasteiger partial charge in [0, 0.05) is 35.6 Å². The third-order valence-electron chi connectivity index (χ3n) is 9.37. The lowest BCUT2D eigenvalue weighted by molar-refractivity contribution is 0.566. The van der Waals surface area contributed by atoms with E-state index in [0.29, 0.717) is 5.92 Å². The van der Waals surface area contributed by atoms with Crippen molar-refractivity contribution in [3.8, 4) is 22.3 Å². The maximum Gasteiger partial charge on any atom is 0.100 e. The second-order valence-electron chi connectivity index (χ2n) is 13.9. The van der Waals surface area contributed by atoms with Crippen LogP contribution in [-0.2, 0) is 6.67 Å². The van der Waals surface area contributed by atoms with Gasteiger partial charge < -0.3 is 14.0 Å². The SMILES string of the molecule is C=CC(C)C.C=CN(C)C.Cc1ccc2c(c1)c1cc(-c3ccccc3)ccc1n2Cn1c2ccc(C)cc2c2cc(-c3ccccc3)ccc21. The van der Waals surface area contributed by atoms with Gasteiger partial charge in [0.05, 0.1) is 22.1 Å². The van der Waals surface area contributed by atoms with Crippen LogP contribution in [0.2, 0.25) is 0 Å². The summed E-state index contributed by atoms with van der Waals surface area (Å²) in [5.41, 5.74) is 12.6. The van der Waals surface area contributed by atoms with Crippen LogP contribution in [-0.4, -0.2) is 28.1 Å². The van der Waals surface area contributed by atoms with Crippen LogP contribution in [0.3, 0.4) is 0 Å². The molecule has 0 fully saturated rings. The third-order valence-corrected chi connectivity index (χ3v) is 9.37. The van der Waals surface area contributed by atoms with Gasteiger partial charge in [0.1, 0.15) is 6.67 Å². The number of hydrogen-bond acceptors (Lipinski definition) is 1. The Morgan fingerprint density at radius 3 is 1.18 bits per heavy atom. The van der Waals surface area contributed by atoms with Gasteiger partial charge in [-0.15, -0.1) is 6.58 Å². The second kappa shape index (κ2) is 15.4. The first-order chi connectivity index (χ1) is 24.7. The van der Waals surface area contributed by atoms with E-state index in [1.807, 2.05) is 25.1 Å². The number of hydrogen-bond donors (Lipinski definition) is 0. The van der Waals surface area contributed by atoms with Crippen molar-refractivity contribution in [2.24, 2.45) is 5.92 Å². The molecular formula is C48H49N3. The van der Waals surface area contributed by atoms with Gasteiger partial charge in [-0.1, -0.05) is 123 Å². The van der Waals surface area contributed by atoms with E-state index in [-0.39, 0.29) is 0 Å². The maximum absolute atomic E-state index is 3.56. The smallest absolute Gasteiger partial charge is 0.100 e. The predicted molar refractivity (Wildman–Crippen MR) is 224 cm³/mol. The molecule has 51 heavy (non-hydrogen) atoms. The Bertz CT molecular complexity index is 2270. The van der Waals surface area contributed by atoms with E-state index in [9.17, 15) is 0 Å². The van der Waals surface area contributed by atoms with Crippen molar-refractivity contribution in [2.45, 2.75) is 34.4 Å². The molecule has 3 heteroatoms. The Hall–Kier alpha value is -5.80. The molecule has 8 rings (SSSR count). The largest absolute Gasteiger partial charge is 0.384 e. The number of allylic oxidation sites excluding steroid dienone is 1. The van der Waals surface area contributed by atoms with Crippen molar-refractivity contribution >= 4 is 43.6 Å². The van der Waals surface area contributed by atoms with Crippen molar-refractivity contribution in [1.29, 1.82) is 0 Å². The standard InChI is InChI=1S/C39H30N2.C5H10.C4H9N/c1-26-13-17-36-32(21-26)34-23-30(28-9-5-3-6-10-28)15-19-38(34)40(36)25-41-37-18-14-27(2)22-33(37)35-24-31(16-20-39(35)41)29-11-7-4-8-12-29;2*1-4-5(2)3/h3-24H,25H2,1-2H3;4-5H,1H2,2-3H3;4H,1H2,2-3H3. The van der Waals surface area contributed by atoms with E-state index in [1.165, 1.54) is 77.0 Å². The molecule has 0 aliphatic heterocycles. The molecule has 0 N–H and O–H groups in total. The molecule has 0 aliphatic rings. The monoisotopic (exact) mass is 667 g/mol. The minimum absolute atomic E-state index is 0.648. The van der Waals surface area contributed by atoms with Crippen molar-refractivity contribution in [1.82, 2.24) is 14.0 Å². The topological polar surface area (TPSA) is 13.1 Å². The highest BCUT2D eigenvalue weighted by Gasteiger charge is 2.17. The molecule has 0 saturated carbocycles. The van der Waals surface area contributed by atoms with Gasteiger partial charge in [0.25, 0.3) is 0 Å². The zero-order valence-corrected chi connectivity index (χ0v) is 30.9. The first-order valence-corrected chi connectivity index (χ1v) is 17.8.